The Morgan fingerprint density at radius 1 is 1.22 bits per heavy atom. The number of fused-ring (bicyclic) bond motifs is 1. The van der Waals surface area contributed by atoms with Crippen LogP contribution in [0.2, 0.25) is 5.02 Å². The Morgan fingerprint density at radius 3 is 2.57 bits per heavy atom. The third-order valence-corrected chi connectivity index (χ3v) is 6.30. The van der Waals surface area contributed by atoms with Crippen molar-refractivity contribution in [2.75, 3.05) is 0 Å². The number of hydrogen-bond acceptors (Lipinski definition) is 2. The third kappa shape index (κ3) is 3.56. The van der Waals surface area contributed by atoms with Crippen LogP contribution < -0.4 is 5.32 Å². The highest BCUT2D eigenvalue weighted by Crippen LogP contribution is 2.38. The lowest BCUT2D eigenvalue weighted by atomic mass is 9.87. The molecule has 0 saturated heterocycles. The summed E-state index contributed by atoms with van der Waals surface area (Å²) in [5.41, 5.74) is 1.36. The van der Waals surface area contributed by atoms with Crippen molar-refractivity contribution in [2.24, 2.45) is 0 Å². The van der Waals surface area contributed by atoms with Crippen LogP contribution in [-0.2, 0) is 5.41 Å². The molecule has 1 amide bonds. The predicted octanol–water partition coefficient (Wildman–Crippen LogP) is 5.91. The summed E-state index contributed by atoms with van der Waals surface area (Å²) >= 11 is 7.99. The summed E-state index contributed by atoms with van der Waals surface area (Å²) in [5, 5.41) is 4.75. The fourth-order valence-electron chi connectivity index (χ4n) is 3.18. The number of carbonyl (C=O) groups excluding carboxylic acids is 1. The molecule has 0 bridgehead atoms. The van der Waals surface area contributed by atoms with Crippen LogP contribution in [0.5, 0.6) is 0 Å². The Bertz CT molecular complexity index is 723. The van der Waals surface area contributed by atoms with E-state index in [1.54, 1.807) is 0 Å². The third-order valence-electron chi connectivity index (χ3n) is 4.64. The molecule has 23 heavy (non-hydrogen) atoms. The van der Waals surface area contributed by atoms with E-state index in [4.69, 9.17) is 11.6 Å². The van der Waals surface area contributed by atoms with Crippen molar-refractivity contribution in [3.8, 4) is 0 Å². The summed E-state index contributed by atoms with van der Waals surface area (Å²) in [5.74, 6) is -0.0135. The molecule has 1 saturated carbocycles. The van der Waals surface area contributed by atoms with E-state index < -0.39 is 0 Å². The van der Waals surface area contributed by atoms with E-state index in [0.717, 1.165) is 22.9 Å². The summed E-state index contributed by atoms with van der Waals surface area (Å²) in [4.78, 5) is 13.3. The van der Waals surface area contributed by atoms with E-state index in [9.17, 15) is 4.79 Å². The largest absolute Gasteiger partial charge is 0.349 e. The Kier molecular flexibility index (Phi) is 4.70. The van der Waals surface area contributed by atoms with Gasteiger partial charge < -0.3 is 5.32 Å². The van der Waals surface area contributed by atoms with Gasteiger partial charge in [-0.25, -0.2) is 0 Å². The maximum Gasteiger partial charge on any atom is 0.263 e. The average molecular weight is 350 g/mol. The Morgan fingerprint density at radius 2 is 1.91 bits per heavy atom. The second kappa shape index (κ2) is 6.45. The van der Waals surface area contributed by atoms with Gasteiger partial charge in [-0.2, -0.15) is 0 Å². The fraction of sp³-hybridized carbons (Fsp3) is 0.526. The molecular weight excluding hydrogens is 326 g/mol. The fourth-order valence-corrected chi connectivity index (χ4v) is 4.64. The van der Waals surface area contributed by atoms with Crippen molar-refractivity contribution in [3.05, 3.63) is 33.7 Å². The molecule has 1 aromatic heterocycles. The molecule has 1 heterocycles. The molecule has 0 spiro atoms. The zero-order valence-corrected chi connectivity index (χ0v) is 15.6. The number of rotatable bonds is 2. The number of halogens is 1. The molecular formula is C19H24ClNOS. The minimum absolute atomic E-state index is 0.0135. The normalized spacial score (nSPS) is 16.7. The summed E-state index contributed by atoms with van der Waals surface area (Å²) in [7, 11) is 0. The molecule has 0 atom stereocenters. The molecule has 2 nitrogen and oxygen atoms in total. The Labute approximate surface area is 147 Å². The molecule has 4 heteroatoms. The van der Waals surface area contributed by atoms with E-state index in [0.29, 0.717) is 15.9 Å². The van der Waals surface area contributed by atoms with Gasteiger partial charge in [0, 0.05) is 16.1 Å². The van der Waals surface area contributed by atoms with Crippen molar-refractivity contribution >= 4 is 38.9 Å². The number of benzene rings is 1. The van der Waals surface area contributed by atoms with Crippen LogP contribution in [-0.4, -0.2) is 11.9 Å². The minimum Gasteiger partial charge on any atom is -0.349 e. The molecule has 1 fully saturated rings. The molecule has 2 aromatic rings. The van der Waals surface area contributed by atoms with Crippen LogP contribution in [0.4, 0.5) is 0 Å². The topological polar surface area (TPSA) is 29.1 Å². The molecule has 1 aliphatic carbocycles. The maximum absolute atomic E-state index is 12.6. The number of hydrogen-bond donors (Lipinski definition) is 1. The van der Waals surface area contributed by atoms with Gasteiger partial charge in [0.05, 0.1) is 5.02 Å². The molecule has 1 aliphatic rings. The van der Waals surface area contributed by atoms with Crippen LogP contribution in [0.25, 0.3) is 10.1 Å². The van der Waals surface area contributed by atoms with Gasteiger partial charge in [0.2, 0.25) is 0 Å². The summed E-state index contributed by atoms with van der Waals surface area (Å²) in [6, 6.07) is 6.64. The van der Waals surface area contributed by atoms with Crippen molar-refractivity contribution in [1.29, 1.82) is 0 Å². The standard InChI is InChI=1S/C19H24ClNOS/c1-19(2,3)12-9-10-14-15(11-12)23-17(16(14)20)18(22)21-13-7-5-4-6-8-13/h9-11,13H,4-8H2,1-3H3,(H,21,22). The van der Waals surface area contributed by atoms with E-state index >= 15 is 0 Å². The van der Waals surface area contributed by atoms with E-state index in [1.807, 2.05) is 6.07 Å². The quantitative estimate of drug-likeness (QED) is 0.716. The van der Waals surface area contributed by atoms with E-state index in [1.165, 1.54) is 36.2 Å². The van der Waals surface area contributed by atoms with Gasteiger partial charge in [0.1, 0.15) is 4.88 Å². The van der Waals surface area contributed by atoms with Gasteiger partial charge in [-0.1, -0.05) is 63.8 Å². The van der Waals surface area contributed by atoms with Crippen LogP contribution in [0.3, 0.4) is 0 Å². The first-order valence-corrected chi connectivity index (χ1v) is 9.59. The lowest BCUT2D eigenvalue weighted by Crippen LogP contribution is -2.35. The second-order valence-corrected chi connectivity index (χ2v) is 8.94. The highest BCUT2D eigenvalue weighted by atomic mass is 35.5. The number of carbonyl (C=O) groups is 1. The summed E-state index contributed by atoms with van der Waals surface area (Å²) < 4.78 is 1.09. The molecule has 0 aliphatic heterocycles. The van der Waals surface area contributed by atoms with Crippen molar-refractivity contribution in [2.45, 2.75) is 64.3 Å². The van der Waals surface area contributed by atoms with Crippen molar-refractivity contribution in [1.82, 2.24) is 5.32 Å². The molecule has 0 unspecified atom stereocenters. The molecule has 1 aromatic carbocycles. The highest BCUT2D eigenvalue weighted by Gasteiger charge is 2.22. The number of thiophene rings is 1. The molecule has 124 valence electrons. The first-order chi connectivity index (χ1) is 10.9. The van der Waals surface area contributed by atoms with Gasteiger partial charge in [-0.3, -0.25) is 4.79 Å². The van der Waals surface area contributed by atoms with E-state index in [2.05, 4.69) is 38.2 Å². The van der Waals surface area contributed by atoms with Gasteiger partial charge in [-0.05, 0) is 29.9 Å². The SMILES string of the molecule is CC(C)(C)c1ccc2c(Cl)c(C(=O)NC3CCCCC3)sc2c1. The molecule has 3 rings (SSSR count). The summed E-state index contributed by atoms with van der Waals surface area (Å²) in [6.07, 6.45) is 5.87. The van der Waals surface area contributed by atoms with Crippen molar-refractivity contribution in [3.63, 3.8) is 0 Å². The summed E-state index contributed by atoms with van der Waals surface area (Å²) in [6.45, 7) is 6.58. The molecule has 0 radical (unpaired) electrons. The van der Waals surface area contributed by atoms with Gasteiger partial charge >= 0.3 is 0 Å². The number of amides is 1. The first kappa shape index (κ1) is 16.8. The minimum atomic E-state index is -0.0135. The van der Waals surface area contributed by atoms with Crippen LogP contribution in [0, 0.1) is 0 Å². The average Bonchev–Trinajstić information content (AvgIpc) is 2.84. The first-order valence-electron chi connectivity index (χ1n) is 8.39. The number of nitrogens with one attached hydrogen (secondary N) is 1. The van der Waals surface area contributed by atoms with E-state index in [-0.39, 0.29) is 11.3 Å². The Balaban J connectivity index is 1.88. The van der Waals surface area contributed by atoms with Gasteiger partial charge in [0.15, 0.2) is 0 Å². The van der Waals surface area contributed by atoms with Crippen molar-refractivity contribution < 1.29 is 4.79 Å². The Hall–Kier alpha value is -1.06. The lowest BCUT2D eigenvalue weighted by Gasteiger charge is -2.22. The zero-order valence-electron chi connectivity index (χ0n) is 14.0. The highest BCUT2D eigenvalue weighted by molar-refractivity contribution is 7.21. The second-order valence-electron chi connectivity index (χ2n) is 7.51. The monoisotopic (exact) mass is 349 g/mol. The predicted molar refractivity (Wildman–Crippen MR) is 99.9 cm³/mol. The van der Waals surface area contributed by atoms with Crippen LogP contribution >= 0.6 is 22.9 Å². The molecule has 1 N–H and O–H groups in total. The van der Waals surface area contributed by atoms with Gasteiger partial charge in [0.25, 0.3) is 5.91 Å². The lowest BCUT2D eigenvalue weighted by molar-refractivity contribution is 0.0932. The smallest absolute Gasteiger partial charge is 0.263 e. The van der Waals surface area contributed by atoms with Crippen LogP contribution in [0.1, 0.15) is 68.1 Å². The zero-order chi connectivity index (χ0) is 16.6. The van der Waals surface area contributed by atoms with Crippen LogP contribution in [0.15, 0.2) is 18.2 Å². The maximum atomic E-state index is 12.6. The van der Waals surface area contributed by atoms with Gasteiger partial charge in [-0.15, -0.1) is 11.3 Å².